The first-order valence-corrected chi connectivity index (χ1v) is 18.4. The van der Waals surface area contributed by atoms with Gasteiger partial charge in [-0.05, 0) is 121 Å². The van der Waals surface area contributed by atoms with Crippen LogP contribution in [0.3, 0.4) is 0 Å². The number of fused-ring (bicyclic) bond motifs is 1. The van der Waals surface area contributed by atoms with Crippen LogP contribution in [-0.2, 0) is 20.2 Å². The Hall–Kier alpha value is -6.86. The van der Waals surface area contributed by atoms with E-state index in [0.717, 1.165) is 6.08 Å². The van der Waals surface area contributed by atoms with E-state index in [1.807, 2.05) is 0 Å². The van der Waals surface area contributed by atoms with Gasteiger partial charge in [0.1, 0.15) is 4.91 Å². The van der Waals surface area contributed by atoms with Crippen molar-refractivity contribution >= 4 is 83.7 Å². The van der Waals surface area contributed by atoms with Crippen molar-refractivity contribution in [2.75, 3.05) is 21.8 Å². The Labute approximate surface area is 307 Å². The number of amides is 2. The first kappa shape index (κ1) is 36.9. The van der Waals surface area contributed by atoms with Gasteiger partial charge in [0.05, 0.1) is 22.0 Å². The van der Waals surface area contributed by atoms with E-state index in [2.05, 4.69) is 31.4 Å². The minimum atomic E-state index is -4.96. The van der Waals surface area contributed by atoms with Crippen molar-refractivity contribution in [1.29, 1.82) is 0 Å². The number of benzene rings is 5. The first-order valence-electron chi connectivity index (χ1n) is 15.5. The van der Waals surface area contributed by atoms with E-state index < -0.39 is 48.5 Å². The molecule has 0 saturated carbocycles. The zero-order chi connectivity index (χ0) is 38.6. The molecule has 0 unspecified atom stereocenters. The summed E-state index contributed by atoms with van der Waals surface area (Å²) in [6.07, 6.45) is 1.06. The molecule has 272 valence electrons. The highest BCUT2D eigenvalue weighted by Crippen LogP contribution is 2.29. The van der Waals surface area contributed by atoms with Gasteiger partial charge < -0.3 is 16.4 Å². The summed E-state index contributed by atoms with van der Waals surface area (Å²) >= 11 is 0. The van der Waals surface area contributed by atoms with Crippen LogP contribution in [0, 0.1) is 0 Å². The number of hydrazone groups is 1. The third-order valence-electron chi connectivity index (χ3n) is 7.70. The molecule has 0 atom stereocenters. The number of nitrogens with one attached hydrogen (secondary N) is 3. The monoisotopic (exact) mass is 765 g/mol. The number of ketones is 1. The number of Topliss-reactive ketones (excluding diaryl/α,β-unsaturated/α-hetero) is 1. The lowest BCUT2D eigenvalue weighted by atomic mass is 9.94. The van der Waals surface area contributed by atoms with Crippen LogP contribution in [-0.4, -0.2) is 49.3 Å². The molecular weight excluding hydrogens is 739 g/mol. The summed E-state index contributed by atoms with van der Waals surface area (Å²) in [4.78, 5) is 38.1. The molecule has 5 aromatic carbocycles. The van der Waals surface area contributed by atoms with E-state index in [9.17, 15) is 35.8 Å². The van der Waals surface area contributed by atoms with E-state index in [-0.39, 0.29) is 27.3 Å². The van der Waals surface area contributed by atoms with E-state index in [4.69, 9.17) is 10.3 Å². The van der Waals surface area contributed by atoms with Gasteiger partial charge in [0.2, 0.25) is 5.78 Å². The van der Waals surface area contributed by atoms with Crippen LogP contribution in [0.25, 0.3) is 6.08 Å². The number of hydrogen-bond donors (Lipinski definition) is 6. The second-order valence-electron chi connectivity index (χ2n) is 11.5. The molecule has 7 N–H and O–H groups in total. The van der Waals surface area contributed by atoms with Gasteiger partial charge in [-0.25, -0.2) is 0 Å². The lowest BCUT2D eigenvalue weighted by molar-refractivity contribution is 0.101. The van der Waals surface area contributed by atoms with Gasteiger partial charge in [0, 0.05) is 33.8 Å². The molecule has 1 aliphatic rings. The minimum Gasteiger partial charge on any atom is -0.399 e. The molecular formula is C36H27N7O9S2. The molecule has 16 nitrogen and oxygen atoms in total. The molecule has 6 rings (SSSR count). The molecule has 0 aliphatic heterocycles. The predicted molar refractivity (Wildman–Crippen MR) is 201 cm³/mol. The van der Waals surface area contributed by atoms with Crippen LogP contribution in [0.2, 0.25) is 0 Å². The van der Waals surface area contributed by atoms with Crippen LogP contribution in [0.15, 0.2) is 140 Å². The average molecular weight is 766 g/mol. The summed E-state index contributed by atoms with van der Waals surface area (Å²) in [5.74, 6) is -1.79. The summed E-state index contributed by atoms with van der Waals surface area (Å²) in [6.45, 7) is 0. The highest BCUT2D eigenvalue weighted by Gasteiger charge is 2.33. The number of carbonyl (C=O) groups is 3. The number of nitrogens with two attached hydrogens (primary N) is 1. The number of carbonyl (C=O) groups excluding carboxylic acids is 3. The molecule has 0 fully saturated rings. The SMILES string of the molecule is Nc1ccc(C(=O)Nc2cccc(C(=O)Nc3ccc4c(c3)C=C(S(=O)(=O)O)/C(=N\Nc3ccc(N=Nc5ccc(S(=O)(=O)O)cc5)cc3)C4=O)c2)cc1. The van der Waals surface area contributed by atoms with E-state index >= 15 is 0 Å². The number of azo groups is 1. The molecule has 5 aromatic rings. The number of anilines is 4. The summed E-state index contributed by atoms with van der Waals surface area (Å²) < 4.78 is 66.3. The van der Waals surface area contributed by atoms with Gasteiger partial charge in [-0.15, -0.1) is 0 Å². The van der Waals surface area contributed by atoms with Crippen molar-refractivity contribution in [3.05, 3.63) is 142 Å². The fraction of sp³-hybridized carbons (Fsp3) is 0. The fourth-order valence-corrected chi connectivity index (χ4v) is 6.16. The summed E-state index contributed by atoms with van der Waals surface area (Å²) in [5.41, 5.74) is 10.5. The van der Waals surface area contributed by atoms with E-state index in [1.54, 1.807) is 36.4 Å². The van der Waals surface area contributed by atoms with Gasteiger partial charge in [0.25, 0.3) is 32.1 Å². The van der Waals surface area contributed by atoms with Gasteiger partial charge in [0.15, 0.2) is 5.71 Å². The smallest absolute Gasteiger partial charge is 0.296 e. The zero-order valence-corrected chi connectivity index (χ0v) is 29.2. The van der Waals surface area contributed by atoms with Crippen molar-refractivity contribution in [2.45, 2.75) is 4.90 Å². The molecule has 2 amide bonds. The normalized spacial score (nSPS) is 13.6. The molecule has 0 radical (unpaired) electrons. The van der Waals surface area contributed by atoms with Crippen molar-refractivity contribution < 1.29 is 40.3 Å². The average Bonchev–Trinajstić information content (AvgIpc) is 3.13. The Morgan fingerprint density at radius 1 is 0.630 bits per heavy atom. The van der Waals surface area contributed by atoms with Crippen molar-refractivity contribution in [3.63, 3.8) is 0 Å². The summed E-state index contributed by atoms with van der Waals surface area (Å²) in [5, 5.41) is 17.4. The maximum atomic E-state index is 13.5. The van der Waals surface area contributed by atoms with E-state index in [0.29, 0.717) is 34.0 Å². The molecule has 1 aliphatic carbocycles. The van der Waals surface area contributed by atoms with Crippen molar-refractivity contribution in [2.24, 2.45) is 15.3 Å². The van der Waals surface area contributed by atoms with Crippen LogP contribution in [0.1, 0.15) is 36.6 Å². The lowest BCUT2D eigenvalue weighted by Crippen LogP contribution is -2.27. The van der Waals surface area contributed by atoms with Gasteiger partial charge >= 0.3 is 0 Å². The second-order valence-corrected chi connectivity index (χ2v) is 14.3. The van der Waals surface area contributed by atoms with Crippen molar-refractivity contribution in [1.82, 2.24) is 0 Å². The molecule has 0 heterocycles. The Morgan fingerprint density at radius 2 is 1.20 bits per heavy atom. The highest BCUT2D eigenvalue weighted by molar-refractivity contribution is 7.91. The maximum Gasteiger partial charge on any atom is 0.296 e. The molecule has 0 saturated heterocycles. The minimum absolute atomic E-state index is 0.0497. The van der Waals surface area contributed by atoms with Gasteiger partial charge in [-0.1, -0.05) is 6.07 Å². The standard InChI is InChI=1S/C36H27N7O9S2/c37-24-6-4-21(5-7-24)35(45)38-28-3-1-2-22(18-28)36(46)39-29-14-17-31-23(19-29)20-32(54(50,51)52)33(34(31)44)43-42-26-10-8-25(9-11-26)40-41-27-12-15-30(16-13-27)53(47,48)49/h1-20,42H,37H2,(H,38,45)(H,39,46)(H,47,48,49)(H,50,51,52)/b41-40?,43-33+. The third kappa shape index (κ3) is 8.77. The van der Waals surface area contributed by atoms with Gasteiger partial charge in [-0.3, -0.25) is 28.9 Å². The van der Waals surface area contributed by atoms with Crippen LogP contribution >= 0.6 is 0 Å². The Balaban J connectivity index is 1.15. The van der Waals surface area contributed by atoms with E-state index in [1.165, 1.54) is 78.9 Å². The number of allylic oxidation sites excluding steroid dienone is 1. The number of nitrogens with zero attached hydrogens (tertiary/aromatic N) is 3. The molecule has 0 aromatic heterocycles. The number of rotatable bonds is 10. The molecule has 54 heavy (non-hydrogen) atoms. The highest BCUT2D eigenvalue weighted by atomic mass is 32.2. The summed E-state index contributed by atoms with van der Waals surface area (Å²) in [7, 11) is -9.30. The Kier molecular flexibility index (Phi) is 10.3. The largest absolute Gasteiger partial charge is 0.399 e. The lowest BCUT2D eigenvalue weighted by Gasteiger charge is -2.17. The molecule has 0 bridgehead atoms. The van der Waals surface area contributed by atoms with Crippen LogP contribution in [0.4, 0.5) is 34.1 Å². The zero-order valence-electron chi connectivity index (χ0n) is 27.5. The Morgan fingerprint density at radius 3 is 1.81 bits per heavy atom. The van der Waals surface area contributed by atoms with Crippen LogP contribution < -0.4 is 21.8 Å². The summed E-state index contributed by atoms with van der Waals surface area (Å²) in [6, 6.07) is 27.8. The third-order valence-corrected chi connectivity index (χ3v) is 9.44. The Bertz CT molecular complexity index is 2620. The van der Waals surface area contributed by atoms with Crippen LogP contribution in [0.5, 0.6) is 0 Å². The number of nitrogen functional groups attached to an aromatic ring is 1. The first-order chi connectivity index (χ1) is 25.6. The molecule has 0 spiro atoms. The topological polar surface area (TPSA) is 259 Å². The quantitative estimate of drug-likeness (QED) is 0.0396. The molecule has 18 heteroatoms. The predicted octanol–water partition coefficient (Wildman–Crippen LogP) is 6.33. The van der Waals surface area contributed by atoms with Gasteiger partial charge in [-0.2, -0.15) is 32.2 Å². The maximum absolute atomic E-state index is 13.5. The number of hydrogen-bond acceptors (Lipinski definition) is 12. The second kappa shape index (κ2) is 15.0. The van der Waals surface area contributed by atoms with Crippen molar-refractivity contribution in [3.8, 4) is 0 Å². The fourth-order valence-electron chi connectivity index (χ4n) is 5.02.